The summed E-state index contributed by atoms with van der Waals surface area (Å²) in [6.45, 7) is 0.199. The van der Waals surface area contributed by atoms with Crippen molar-refractivity contribution < 1.29 is 14.3 Å². The Hall–Kier alpha value is -2.26. The van der Waals surface area contributed by atoms with Gasteiger partial charge in [0.25, 0.3) is 0 Å². The van der Waals surface area contributed by atoms with E-state index in [-0.39, 0.29) is 12.1 Å². The average molecular weight is 321 g/mol. The van der Waals surface area contributed by atoms with E-state index in [2.05, 4.69) is 27.3 Å². The first-order valence-corrected chi connectivity index (χ1v) is 6.14. The molecular formula is C13H9BrN2O3. The lowest BCUT2D eigenvalue weighted by molar-refractivity contribution is 0.0694. The normalized spacial score (nSPS) is 9.89. The summed E-state index contributed by atoms with van der Waals surface area (Å²) in [6, 6.07) is 8.68. The van der Waals surface area contributed by atoms with Crippen molar-refractivity contribution in [1.82, 2.24) is 0 Å². The molecule has 0 amide bonds. The Balaban J connectivity index is 2.17. The first-order chi connectivity index (χ1) is 9.11. The van der Waals surface area contributed by atoms with E-state index in [1.54, 1.807) is 18.2 Å². The highest BCUT2D eigenvalue weighted by Gasteiger charge is 2.13. The van der Waals surface area contributed by atoms with E-state index in [9.17, 15) is 4.79 Å². The van der Waals surface area contributed by atoms with Crippen LogP contribution < -0.4 is 5.32 Å². The van der Waals surface area contributed by atoms with Crippen LogP contribution in [0.1, 0.15) is 21.7 Å². The van der Waals surface area contributed by atoms with E-state index in [1.807, 2.05) is 0 Å². The zero-order valence-corrected chi connectivity index (χ0v) is 11.3. The Kier molecular flexibility index (Phi) is 3.88. The van der Waals surface area contributed by atoms with E-state index >= 15 is 0 Å². The monoisotopic (exact) mass is 320 g/mol. The number of rotatable bonds is 4. The highest BCUT2D eigenvalue weighted by molar-refractivity contribution is 9.10. The Labute approximate surface area is 117 Å². The number of nitriles is 1. The van der Waals surface area contributed by atoms with Crippen LogP contribution in [0.25, 0.3) is 0 Å². The third-order valence-corrected chi connectivity index (χ3v) is 3.01. The van der Waals surface area contributed by atoms with Crippen LogP contribution in [-0.2, 0) is 6.54 Å². The van der Waals surface area contributed by atoms with E-state index in [0.717, 1.165) is 4.47 Å². The van der Waals surface area contributed by atoms with Gasteiger partial charge in [-0.1, -0.05) is 15.9 Å². The maximum absolute atomic E-state index is 10.9. The molecule has 1 aromatic carbocycles. The van der Waals surface area contributed by atoms with Crippen molar-refractivity contribution in [2.24, 2.45) is 0 Å². The van der Waals surface area contributed by atoms with Gasteiger partial charge in [0, 0.05) is 4.47 Å². The lowest BCUT2D eigenvalue weighted by atomic mass is 10.2. The Morgan fingerprint density at radius 2 is 2.26 bits per heavy atom. The topological polar surface area (TPSA) is 86.3 Å². The summed E-state index contributed by atoms with van der Waals surface area (Å²) in [5.41, 5.74) is 1.21. The fourth-order valence-electron chi connectivity index (χ4n) is 1.61. The number of furan rings is 1. The smallest absolute Gasteiger partial charge is 0.339 e. The molecule has 2 aromatic rings. The van der Waals surface area contributed by atoms with Crippen LogP contribution in [-0.4, -0.2) is 11.1 Å². The summed E-state index contributed by atoms with van der Waals surface area (Å²) in [7, 11) is 0. The number of nitrogens with zero attached hydrogens (tertiary/aromatic N) is 1. The molecule has 0 atom stereocenters. The first-order valence-electron chi connectivity index (χ1n) is 5.35. The lowest BCUT2D eigenvalue weighted by Crippen LogP contribution is -2.05. The number of carboxylic acids is 1. The van der Waals surface area contributed by atoms with Gasteiger partial charge in [-0.3, -0.25) is 0 Å². The standard InChI is InChI=1S/C13H9BrN2O3/c14-9-1-2-11(8(5-9)6-15)16-7-12-10(13(17)18)3-4-19-12/h1-5,16H,7H2,(H,17,18). The van der Waals surface area contributed by atoms with Crippen LogP contribution in [0.4, 0.5) is 5.69 Å². The van der Waals surface area contributed by atoms with Crippen LogP contribution in [0.15, 0.2) is 39.4 Å². The Bertz CT molecular complexity index is 658. The molecule has 2 rings (SSSR count). The zero-order chi connectivity index (χ0) is 13.8. The van der Waals surface area contributed by atoms with E-state index in [4.69, 9.17) is 14.8 Å². The Morgan fingerprint density at radius 1 is 1.47 bits per heavy atom. The van der Waals surface area contributed by atoms with Crippen molar-refractivity contribution >= 4 is 27.6 Å². The molecule has 1 heterocycles. The van der Waals surface area contributed by atoms with Gasteiger partial charge in [0.05, 0.1) is 24.1 Å². The number of anilines is 1. The fraction of sp³-hybridized carbons (Fsp3) is 0.0769. The second-order valence-electron chi connectivity index (χ2n) is 3.72. The maximum atomic E-state index is 10.9. The molecule has 0 aliphatic carbocycles. The number of carbonyl (C=O) groups is 1. The summed E-state index contributed by atoms with van der Waals surface area (Å²) in [5, 5.41) is 20.9. The predicted octanol–water partition coefficient (Wildman–Crippen LogP) is 3.22. The third-order valence-electron chi connectivity index (χ3n) is 2.52. The molecule has 0 unspecified atom stereocenters. The first kappa shape index (κ1) is 13.2. The molecule has 0 fully saturated rings. The molecule has 0 aliphatic rings. The number of aromatic carboxylic acids is 1. The van der Waals surface area contributed by atoms with Gasteiger partial charge in [-0.15, -0.1) is 0 Å². The van der Waals surface area contributed by atoms with Gasteiger partial charge in [0.15, 0.2) is 0 Å². The molecule has 2 N–H and O–H groups in total. The van der Waals surface area contributed by atoms with Crippen molar-refractivity contribution in [2.75, 3.05) is 5.32 Å². The van der Waals surface area contributed by atoms with Crippen LogP contribution >= 0.6 is 15.9 Å². The van der Waals surface area contributed by atoms with E-state index in [1.165, 1.54) is 12.3 Å². The molecule has 0 saturated carbocycles. The number of halogens is 1. The Morgan fingerprint density at radius 3 is 2.95 bits per heavy atom. The van der Waals surface area contributed by atoms with Crippen molar-refractivity contribution in [2.45, 2.75) is 6.54 Å². The third kappa shape index (κ3) is 2.95. The van der Waals surface area contributed by atoms with Crippen molar-refractivity contribution in [1.29, 1.82) is 5.26 Å². The quantitative estimate of drug-likeness (QED) is 0.903. The highest BCUT2D eigenvalue weighted by Crippen LogP contribution is 2.21. The maximum Gasteiger partial charge on any atom is 0.339 e. The molecule has 0 bridgehead atoms. The van der Waals surface area contributed by atoms with Crippen LogP contribution in [0.3, 0.4) is 0 Å². The number of benzene rings is 1. The minimum Gasteiger partial charge on any atom is -0.478 e. The van der Waals surface area contributed by atoms with Gasteiger partial charge in [-0.2, -0.15) is 5.26 Å². The number of nitrogens with one attached hydrogen (secondary N) is 1. The van der Waals surface area contributed by atoms with Gasteiger partial charge in [-0.25, -0.2) is 4.79 Å². The van der Waals surface area contributed by atoms with E-state index < -0.39 is 5.97 Å². The number of hydrogen-bond donors (Lipinski definition) is 2. The summed E-state index contributed by atoms with van der Waals surface area (Å²) in [6.07, 6.45) is 1.33. The molecule has 0 aliphatic heterocycles. The summed E-state index contributed by atoms with van der Waals surface area (Å²) < 4.78 is 5.91. The van der Waals surface area contributed by atoms with Gasteiger partial charge in [-0.05, 0) is 24.3 Å². The van der Waals surface area contributed by atoms with Crippen molar-refractivity contribution in [3.63, 3.8) is 0 Å². The van der Waals surface area contributed by atoms with Gasteiger partial charge >= 0.3 is 5.97 Å². The van der Waals surface area contributed by atoms with Gasteiger partial charge in [0.2, 0.25) is 0 Å². The second-order valence-corrected chi connectivity index (χ2v) is 4.63. The molecule has 0 radical (unpaired) electrons. The van der Waals surface area contributed by atoms with Gasteiger partial charge in [0.1, 0.15) is 17.4 Å². The SMILES string of the molecule is N#Cc1cc(Br)ccc1NCc1occc1C(=O)O. The molecule has 0 spiro atoms. The van der Waals surface area contributed by atoms with Crippen LogP contribution in [0.2, 0.25) is 0 Å². The summed E-state index contributed by atoms with van der Waals surface area (Å²) in [4.78, 5) is 10.9. The molecule has 19 heavy (non-hydrogen) atoms. The van der Waals surface area contributed by atoms with Crippen molar-refractivity contribution in [3.8, 4) is 6.07 Å². The summed E-state index contributed by atoms with van der Waals surface area (Å²) in [5.74, 6) is -0.721. The van der Waals surface area contributed by atoms with Gasteiger partial charge < -0.3 is 14.8 Å². The van der Waals surface area contributed by atoms with Crippen LogP contribution in [0, 0.1) is 11.3 Å². The molecule has 0 saturated heterocycles. The fourth-order valence-corrected chi connectivity index (χ4v) is 1.97. The molecular weight excluding hydrogens is 312 g/mol. The van der Waals surface area contributed by atoms with E-state index in [0.29, 0.717) is 17.0 Å². The average Bonchev–Trinajstić information content (AvgIpc) is 2.85. The zero-order valence-electron chi connectivity index (χ0n) is 9.68. The summed E-state index contributed by atoms with van der Waals surface area (Å²) >= 11 is 3.28. The van der Waals surface area contributed by atoms with Crippen LogP contribution in [0.5, 0.6) is 0 Å². The molecule has 6 heteroatoms. The molecule has 96 valence electrons. The minimum atomic E-state index is -1.04. The number of hydrogen-bond acceptors (Lipinski definition) is 4. The lowest BCUT2D eigenvalue weighted by Gasteiger charge is -2.07. The molecule has 1 aromatic heterocycles. The minimum absolute atomic E-state index is 0.114. The van der Waals surface area contributed by atoms with Crippen molar-refractivity contribution in [3.05, 3.63) is 51.9 Å². The highest BCUT2D eigenvalue weighted by atomic mass is 79.9. The second kappa shape index (κ2) is 5.59. The molecule has 5 nitrogen and oxygen atoms in total. The number of carboxylic acid groups (broad SMARTS) is 1. The predicted molar refractivity (Wildman–Crippen MR) is 71.9 cm³/mol. The largest absolute Gasteiger partial charge is 0.478 e.